The van der Waals surface area contributed by atoms with Crippen LogP contribution >= 0.6 is 0 Å². The van der Waals surface area contributed by atoms with Gasteiger partial charge in [0.2, 0.25) is 0 Å². The third kappa shape index (κ3) is 3.24. The number of anilines is 1. The zero-order valence-corrected chi connectivity index (χ0v) is 19.7. The largest absolute Gasteiger partial charge is 0.355 e. The molecule has 0 unspecified atom stereocenters. The van der Waals surface area contributed by atoms with Gasteiger partial charge in [0.25, 0.3) is 0 Å². The van der Waals surface area contributed by atoms with Crippen LogP contribution in [0.1, 0.15) is 23.6 Å². The van der Waals surface area contributed by atoms with Crippen molar-refractivity contribution in [1.29, 1.82) is 0 Å². The van der Waals surface area contributed by atoms with Gasteiger partial charge in [0, 0.05) is 16.9 Å². The van der Waals surface area contributed by atoms with Gasteiger partial charge in [-0.05, 0) is 74.0 Å². The monoisotopic (exact) mass is 437 g/mol. The lowest BCUT2D eigenvalue weighted by molar-refractivity contribution is 1.14. The highest BCUT2D eigenvalue weighted by molar-refractivity contribution is 6.26. The predicted molar refractivity (Wildman–Crippen MR) is 149 cm³/mol. The Balaban J connectivity index is 1.55. The van der Waals surface area contributed by atoms with Gasteiger partial charge in [-0.3, -0.25) is 0 Å². The molecule has 6 rings (SSSR count). The van der Waals surface area contributed by atoms with Crippen LogP contribution in [0.3, 0.4) is 0 Å². The maximum atomic E-state index is 4.41. The average Bonchev–Trinajstić information content (AvgIpc) is 2.88. The van der Waals surface area contributed by atoms with Gasteiger partial charge < -0.3 is 5.32 Å². The van der Waals surface area contributed by atoms with Gasteiger partial charge in [-0.15, -0.1) is 0 Å². The van der Waals surface area contributed by atoms with E-state index < -0.39 is 0 Å². The Morgan fingerprint density at radius 1 is 0.706 bits per heavy atom. The number of nitrogens with one attached hydrogen (secondary N) is 1. The number of para-hydroxylation sites is 1. The first-order valence-electron chi connectivity index (χ1n) is 12.0. The third-order valence-corrected chi connectivity index (χ3v) is 7.09. The molecular formula is C33H27N. The normalized spacial score (nSPS) is 11.5. The van der Waals surface area contributed by atoms with Gasteiger partial charge >= 0.3 is 0 Å². The zero-order chi connectivity index (χ0) is 23.2. The molecule has 0 saturated heterocycles. The second-order valence-corrected chi connectivity index (χ2v) is 9.12. The smallest absolute Gasteiger partial charge is 0.0413 e. The van der Waals surface area contributed by atoms with Crippen molar-refractivity contribution in [3.63, 3.8) is 0 Å². The first-order valence-corrected chi connectivity index (χ1v) is 12.0. The van der Waals surface area contributed by atoms with E-state index >= 15 is 0 Å². The van der Waals surface area contributed by atoms with Crippen LogP contribution in [0.4, 0.5) is 5.69 Å². The highest BCUT2D eigenvalue weighted by Crippen LogP contribution is 2.41. The summed E-state index contributed by atoms with van der Waals surface area (Å²) in [5.74, 6) is 0. The fourth-order valence-electron chi connectivity index (χ4n) is 5.18. The zero-order valence-electron chi connectivity index (χ0n) is 19.7. The van der Waals surface area contributed by atoms with Crippen LogP contribution in [0.5, 0.6) is 0 Å². The highest BCUT2D eigenvalue weighted by Gasteiger charge is 2.15. The molecule has 0 radical (unpaired) electrons. The molecule has 0 aliphatic carbocycles. The Labute approximate surface area is 200 Å². The number of hydrogen-bond donors (Lipinski definition) is 1. The van der Waals surface area contributed by atoms with E-state index in [1.807, 2.05) is 0 Å². The SMILES string of the molecule is C=C(Nc1ccccc1C)c1ccc2ccc3c(-c4ccc(CC)cc4)ccc4ccc1c2c43. The Morgan fingerprint density at radius 2 is 1.35 bits per heavy atom. The Morgan fingerprint density at radius 3 is 2.09 bits per heavy atom. The summed E-state index contributed by atoms with van der Waals surface area (Å²) in [5.41, 5.74) is 8.28. The molecule has 0 atom stereocenters. The lowest BCUT2D eigenvalue weighted by Gasteiger charge is -2.18. The van der Waals surface area contributed by atoms with E-state index in [4.69, 9.17) is 0 Å². The van der Waals surface area contributed by atoms with E-state index in [1.54, 1.807) is 0 Å². The summed E-state index contributed by atoms with van der Waals surface area (Å²) in [6.45, 7) is 8.73. The molecule has 0 heterocycles. The quantitative estimate of drug-likeness (QED) is 0.265. The van der Waals surface area contributed by atoms with Crippen LogP contribution in [0.15, 0.2) is 104 Å². The molecule has 1 N–H and O–H groups in total. The van der Waals surface area contributed by atoms with Crippen LogP contribution in [-0.4, -0.2) is 0 Å². The summed E-state index contributed by atoms with van der Waals surface area (Å²) in [6.07, 6.45) is 1.06. The summed E-state index contributed by atoms with van der Waals surface area (Å²) in [4.78, 5) is 0. The molecule has 0 fully saturated rings. The lowest BCUT2D eigenvalue weighted by Crippen LogP contribution is -2.00. The number of hydrogen-bond acceptors (Lipinski definition) is 1. The van der Waals surface area contributed by atoms with Crippen molar-refractivity contribution >= 4 is 43.7 Å². The standard InChI is InChI=1S/C33H27N/c1-4-23-9-11-24(12-10-23)28-18-14-26-15-19-29-27(22(3)34-31-8-6-5-7-21(31)2)17-13-25-16-20-30(28)33(26)32(25)29/h5-20,34H,3-4H2,1-2H3. The van der Waals surface area contributed by atoms with E-state index in [-0.39, 0.29) is 0 Å². The number of rotatable bonds is 5. The van der Waals surface area contributed by atoms with Crippen molar-refractivity contribution < 1.29 is 0 Å². The first kappa shape index (κ1) is 20.5. The minimum Gasteiger partial charge on any atom is -0.355 e. The average molecular weight is 438 g/mol. The fraction of sp³-hybridized carbons (Fsp3) is 0.0909. The van der Waals surface area contributed by atoms with Crippen molar-refractivity contribution in [3.05, 3.63) is 120 Å². The van der Waals surface area contributed by atoms with Crippen LogP contribution in [-0.2, 0) is 6.42 Å². The molecule has 6 aromatic rings. The van der Waals surface area contributed by atoms with Crippen molar-refractivity contribution in [3.8, 4) is 11.1 Å². The Kier molecular flexibility index (Phi) is 4.85. The maximum Gasteiger partial charge on any atom is 0.0413 e. The number of benzene rings is 6. The molecule has 0 saturated carbocycles. The van der Waals surface area contributed by atoms with Gasteiger partial charge in [-0.25, -0.2) is 0 Å². The molecule has 0 aliphatic rings. The van der Waals surface area contributed by atoms with Gasteiger partial charge in [0.1, 0.15) is 0 Å². The predicted octanol–water partition coefficient (Wildman–Crippen LogP) is 9.20. The molecule has 0 bridgehead atoms. The topological polar surface area (TPSA) is 12.0 Å². The summed E-state index contributed by atoms with van der Waals surface area (Å²) < 4.78 is 0. The van der Waals surface area contributed by atoms with Gasteiger partial charge in [-0.2, -0.15) is 0 Å². The summed E-state index contributed by atoms with van der Waals surface area (Å²) in [6, 6.07) is 35.3. The molecule has 0 amide bonds. The first-order chi connectivity index (χ1) is 16.6. The highest BCUT2D eigenvalue weighted by atomic mass is 14.9. The molecule has 1 heteroatoms. The fourth-order valence-corrected chi connectivity index (χ4v) is 5.18. The Hall–Kier alpha value is -4.10. The van der Waals surface area contributed by atoms with E-state index in [9.17, 15) is 0 Å². The molecule has 0 aliphatic heterocycles. The molecule has 6 aromatic carbocycles. The van der Waals surface area contributed by atoms with Crippen LogP contribution in [0, 0.1) is 6.92 Å². The van der Waals surface area contributed by atoms with Crippen molar-refractivity contribution in [2.24, 2.45) is 0 Å². The van der Waals surface area contributed by atoms with Gasteiger partial charge in [-0.1, -0.05) is 104 Å². The van der Waals surface area contributed by atoms with E-state index in [2.05, 4.69) is 123 Å². The summed E-state index contributed by atoms with van der Waals surface area (Å²) in [5, 5.41) is 11.3. The van der Waals surface area contributed by atoms with Crippen molar-refractivity contribution in [1.82, 2.24) is 0 Å². The van der Waals surface area contributed by atoms with Gasteiger partial charge in [0.15, 0.2) is 0 Å². The minimum atomic E-state index is 0.919. The maximum absolute atomic E-state index is 4.41. The van der Waals surface area contributed by atoms with E-state index in [0.717, 1.165) is 23.4 Å². The van der Waals surface area contributed by atoms with Crippen molar-refractivity contribution in [2.45, 2.75) is 20.3 Å². The second kappa shape index (κ2) is 8.04. The Bertz CT molecular complexity index is 1670. The van der Waals surface area contributed by atoms with E-state index in [1.165, 1.54) is 54.6 Å². The molecule has 1 nitrogen and oxygen atoms in total. The molecule has 0 aromatic heterocycles. The molecule has 34 heavy (non-hydrogen) atoms. The van der Waals surface area contributed by atoms with Crippen molar-refractivity contribution in [2.75, 3.05) is 5.32 Å². The second-order valence-electron chi connectivity index (χ2n) is 9.12. The summed E-state index contributed by atoms with van der Waals surface area (Å²) in [7, 11) is 0. The molecule has 164 valence electrons. The van der Waals surface area contributed by atoms with Gasteiger partial charge in [0.05, 0.1) is 0 Å². The van der Waals surface area contributed by atoms with Crippen LogP contribution in [0.25, 0.3) is 49.1 Å². The van der Waals surface area contributed by atoms with Crippen LogP contribution < -0.4 is 5.32 Å². The molecule has 0 spiro atoms. The third-order valence-electron chi connectivity index (χ3n) is 7.09. The van der Waals surface area contributed by atoms with E-state index in [0.29, 0.717) is 0 Å². The minimum absolute atomic E-state index is 0.919. The summed E-state index contributed by atoms with van der Waals surface area (Å²) >= 11 is 0. The lowest BCUT2D eigenvalue weighted by atomic mass is 9.88. The molecular weight excluding hydrogens is 410 g/mol. The van der Waals surface area contributed by atoms with Crippen LogP contribution in [0.2, 0.25) is 0 Å². The number of aryl methyl sites for hydroxylation is 2.